The molecule has 2 fully saturated rings. The second kappa shape index (κ2) is 5.02. The van der Waals surface area contributed by atoms with Crippen molar-refractivity contribution >= 4 is 0 Å². The second-order valence-corrected chi connectivity index (χ2v) is 5.88. The summed E-state index contributed by atoms with van der Waals surface area (Å²) in [5.74, 6) is 0. The minimum Gasteiger partial charge on any atom is -0.389 e. The smallest absolute Gasteiger partial charge is 0.0727 e. The van der Waals surface area contributed by atoms with E-state index >= 15 is 0 Å². The molecule has 1 aromatic rings. The zero-order chi connectivity index (χ0) is 12.4. The third-order valence-electron chi connectivity index (χ3n) is 4.41. The van der Waals surface area contributed by atoms with Crippen LogP contribution in [0.4, 0.5) is 0 Å². The van der Waals surface area contributed by atoms with Crippen molar-refractivity contribution in [2.75, 3.05) is 13.1 Å². The summed E-state index contributed by atoms with van der Waals surface area (Å²) in [6, 6.07) is 2.68. The topological polar surface area (TPSA) is 50.1 Å². The minimum absolute atomic E-state index is 0.542. The van der Waals surface area contributed by atoms with E-state index in [9.17, 15) is 5.11 Å². The predicted octanol–water partition coefficient (Wildman–Crippen LogP) is 1.66. The van der Waals surface area contributed by atoms with Crippen molar-refractivity contribution in [1.82, 2.24) is 15.1 Å². The molecule has 1 saturated carbocycles. The zero-order valence-corrected chi connectivity index (χ0v) is 10.9. The lowest BCUT2D eigenvalue weighted by Gasteiger charge is -2.31. The van der Waals surface area contributed by atoms with Crippen molar-refractivity contribution < 1.29 is 5.11 Å². The molecule has 3 rings (SSSR count). The molecule has 4 heteroatoms. The number of piperidine rings is 1. The van der Waals surface area contributed by atoms with Crippen molar-refractivity contribution in [2.24, 2.45) is 0 Å². The predicted molar refractivity (Wildman–Crippen MR) is 70.5 cm³/mol. The van der Waals surface area contributed by atoms with Crippen LogP contribution in [-0.4, -0.2) is 33.6 Å². The molecule has 2 aliphatic rings. The summed E-state index contributed by atoms with van der Waals surface area (Å²) in [6.07, 6.45) is 9.65. The second-order valence-electron chi connectivity index (χ2n) is 5.88. The van der Waals surface area contributed by atoms with Crippen molar-refractivity contribution in [3.63, 3.8) is 0 Å². The van der Waals surface area contributed by atoms with Crippen molar-refractivity contribution in [1.29, 1.82) is 0 Å². The van der Waals surface area contributed by atoms with E-state index in [1.807, 2.05) is 0 Å². The quantitative estimate of drug-likeness (QED) is 0.856. The van der Waals surface area contributed by atoms with Gasteiger partial charge in [0.05, 0.1) is 17.3 Å². The molecule has 0 radical (unpaired) electrons. The Balaban J connectivity index is 1.65. The highest BCUT2D eigenvalue weighted by atomic mass is 16.3. The van der Waals surface area contributed by atoms with Gasteiger partial charge in [0.2, 0.25) is 0 Å². The summed E-state index contributed by atoms with van der Waals surface area (Å²) in [7, 11) is 0. The average molecular weight is 249 g/mol. The van der Waals surface area contributed by atoms with E-state index in [2.05, 4.69) is 27.4 Å². The maximum atomic E-state index is 10.5. The fourth-order valence-electron chi connectivity index (χ4n) is 3.25. The van der Waals surface area contributed by atoms with E-state index in [4.69, 9.17) is 0 Å². The Morgan fingerprint density at radius 2 is 2.06 bits per heavy atom. The van der Waals surface area contributed by atoms with Gasteiger partial charge in [-0.1, -0.05) is 12.8 Å². The van der Waals surface area contributed by atoms with Gasteiger partial charge in [0.25, 0.3) is 0 Å². The molecular formula is C14H23N3O. The third-order valence-corrected chi connectivity index (χ3v) is 4.41. The number of nitrogens with one attached hydrogen (secondary N) is 1. The van der Waals surface area contributed by atoms with Gasteiger partial charge in [0, 0.05) is 12.6 Å². The molecule has 1 saturated heterocycles. The van der Waals surface area contributed by atoms with Crippen LogP contribution in [0.2, 0.25) is 0 Å². The van der Waals surface area contributed by atoms with E-state index in [0.29, 0.717) is 12.5 Å². The van der Waals surface area contributed by atoms with E-state index in [0.717, 1.165) is 31.6 Å². The third kappa shape index (κ3) is 2.59. The first-order valence-corrected chi connectivity index (χ1v) is 7.22. The number of hydrogen-bond donors (Lipinski definition) is 2. The molecule has 0 unspecified atom stereocenters. The van der Waals surface area contributed by atoms with Gasteiger partial charge in [-0.2, -0.15) is 5.10 Å². The Hall–Kier alpha value is -0.870. The molecule has 4 nitrogen and oxygen atoms in total. The minimum atomic E-state index is -0.542. The number of rotatable bonds is 3. The molecule has 1 aromatic heterocycles. The first-order valence-electron chi connectivity index (χ1n) is 7.22. The summed E-state index contributed by atoms with van der Waals surface area (Å²) in [5.41, 5.74) is 0.506. The van der Waals surface area contributed by atoms with Gasteiger partial charge >= 0.3 is 0 Å². The van der Waals surface area contributed by atoms with Crippen molar-refractivity contribution in [3.05, 3.63) is 18.0 Å². The van der Waals surface area contributed by atoms with E-state index in [-0.39, 0.29) is 0 Å². The lowest BCUT2D eigenvalue weighted by atomic mass is 9.88. The number of aromatic nitrogens is 2. The van der Waals surface area contributed by atoms with Gasteiger partial charge in [0.1, 0.15) is 0 Å². The summed E-state index contributed by atoms with van der Waals surface area (Å²) >= 11 is 0. The number of hydrogen-bond acceptors (Lipinski definition) is 3. The fourth-order valence-corrected chi connectivity index (χ4v) is 3.25. The van der Waals surface area contributed by atoms with Crippen LogP contribution in [0.5, 0.6) is 0 Å². The van der Waals surface area contributed by atoms with Crippen LogP contribution >= 0.6 is 0 Å². The van der Waals surface area contributed by atoms with E-state index < -0.39 is 5.60 Å². The maximum absolute atomic E-state index is 10.5. The molecule has 100 valence electrons. The van der Waals surface area contributed by atoms with Gasteiger partial charge < -0.3 is 10.4 Å². The average Bonchev–Trinajstić information content (AvgIpc) is 2.99. The van der Waals surface area contributed by atoms with Gasteiger partial charge in [-0.05, 0) is 44.8 Å². The van der Waals surface area contributed by atoms with Crippen LogP contribution < -0.4 is 5.32 Å². The zero-order valence-electron chi connectivity index (χ0n) is 10.9. The molecule has 0 bridgehead atoms. The molecule has 0 spiro atoms. The fraction of sp³-hybridized carbons (Fsp3) is 0.786. The summed E-state index contributed by atoms with van der Waals surface area (Å²) in [5, 5.41) is 18.5. The van der Waals surface area contributed by atoms with Crippen LogP contribution in [0.3, 0.4) is 0 Å². The Labute approximate surface area is 108 Å². The van der Waals surface area contributed by atoms with Crippen molar-refractivity contribution in [3.8, 4) is 0 Å². The molecule has 0 atom stereocenters. The van der Waals surface area contributed by atoms with Gasteiger partial charge in [-0.3, -0.25) is 4.68 Å². The lowest BCUT2D eigenvalue weighted by Crippen LogP contribution is -2.43. The molecule has 1 aliphatic heterocycles. The van der Waals surface area contributed by atoms with Crippen LogP contribution in [-0.2, 0) is 6.42 Å². The first kappa shape index (κ1) is 12.2. The SMILES string of the molecule is OC1(Cc2ccn(C3CCCC3)n2)CCNCC1. The summed E-state index contributed by atoms with van der Waals surface area (Å²) < 4.78 is 2.12. The molecule has 2 N–H and O–H groups in total. The monoisotopic (exact) mass is 249 g/mol. The molecule has 1 aliphatic carbocycles. The van der Waals surface area contributed by atoms with Gasteiger partial charge in [0.15, 0.2) is 0 Å². The van der Waals surface area contributed by atoms with Crippen LogP contribution in [0, 0.1) is 0 Å². The Morgan fingerprint density at radius 3 is 2.78 bits per heavy atom. The standard InChI is InChI=1S/C14H23N3O/c18-14(6-8-15-9-7-14)11-12-5-10-17(16-12)13-3-1-2-4-13/h5,10,13,15,18H,1-4,6-9,11H2. The molecule has 0 amide bonds. The van der Waals surface area contributed by atoms with Gasteiger partial charge in [-0.15, -0.1) is 0 Å². The van der Waals surface area contributed by atoms with Crippen LogP contribution in [0.25, 0.3) is 0 Å². The highest BCUT2D eigenvalue weighted by Gasteiger charge is 2.30. The van der Waals surface area contributed by atoms with E-state index in [1.165, 1.54) is 25.7 Å². The number of nitrogens with zero attached hydrogens (tertiary/aromatic N) is 2. The Morgan fingerprint density at radius 1 is 1.33 bits per heavy atom. The summed E-state index contributed by atoms with van der Waals surface area (Å²) in [6.45, 7) is 1.83. The maximum Gasteiger partial charge on any atom is 0.0727 e. The number of aliphatic hydroxyl groups is 1. The van der Waals surface area contributed by atoms with Crippen molar-refractivity contribution in [2.45, 2.75) is 56.6 Å². The molecule has 2 heterocycles. The molecule has 18 heavy (non-hydrogen) atoms. The largest absolute Gasteiger partial charge is 0.389 e. The van der Waals surface area contributed by atoms with E-state index in [1.54, 1.807) is 0 Å². The molecular weight excluding hydrogens is 226 g/mol. The Kier molecular flexibility index (Phi) is 3.39. The first-order chi connectivity index (χ1) is 8.75. The normalized spacial score (nSPS) is 24.5. The highest BCUT2D eigenvalue weighted by Crippen LogP contribution is 2.29. The summed E-state index contributed by atoms with van der Waals surface area (Å²) in [4.78, 5) is 0. The lowest BCUT2D eigenvalue weighted by molar-refractivity contribution is 0.00986. The van der Waals surface area contributed by atoms with Crippen LogP contribution in [0.1, 0.15) is 50.3 Å². The van der Waals surface area contributed by atoms with Gasteiger partial charge in [-0.25, -0.2) is 0 Å². The Bertz CT molecular complexity index is 389. The highest BCUT2D eigenvalue weighted by molar-refractivity contribution is 5.06. The van der Waals surface area contributed by atoms with Crippen LogP contribution in [0.15, 0.2) is 12.3 Å². The molecule has 0 aromatic carbocycles.